The number of hydrogen-bond donors (Lipinski definition) is 0. The molecule has 0 bridgehead atoms. The molecule has 0 saturated heterocycles. The van der Waals surface area contributed by atoms with Crippen molar-refractivity contribution < 1.29 is 0 Å². The van der Waals surface area contributed by atoms with E-state index in [2.05, 4.69) is 6.58 Å². The zero-order chi connectivity index (χ0) is 6.99. The molecule has 1 nitrogen and oxygen atoms in total. The molecule has 0 amide bonds. The number of rotatable bonds is 0. The average Bonchev–Trinajstić information content (AvgIpc) is 1.65. The molecular formula is C3H3Cl3GeN. The Morgan fingerprint density at radius 2 is 1.62 bits per heavy atom. The summed E-state index contributed by atoms with van der Waals surface area (Å²) < 4.78 is 0. The van der Waals surface area contributed by atoms with Crippen LogP contribution >= 0.6 is 30.0 Å². The molecule has 0 aromatic heterocycles. The molecule has 0 rings (SSSR count). The van der Waals surface area contributed by atoms with E-state index in [1.165, 1.54) is 6.08 Å². The van der Waals surface area contributed by atoms with Crippen molar-refractivity contribution in [3.05, 3.63) is 12.7 Å². The van der Waals surface area contributed by atoms with Crippen molar-refractivity contribution in [3.63, 3.8) is 0 Å². The van der Waals surface area contributed by atoms with Crippen LogP contribution in [0.15, 0.2) is 12.7 Å². The van der Waals surface area contributed by atoms with E-state index >= 15 is 0 Å². The molecule has 0 aliphatic rings. The molecule has 5 heteroatoms. The van der Waals surface area contributed by atoms with E-state index in [4.69, 9.17) is 35.3 Å². The minimum absolute atomic E-state index is 1.18. The van der Waals surface area contributed by atoms with E-state index in [0.29, 0.717) is 0 Å². The number of nitriles is 1. The van der Waals surface area contributed by atoms with E-state index in [1.54, 1.807) is 6.07 Å². The summed E-state index contributed by atoms with van der Waals surface area (Å²) in [6.45, 7) is 3.12. The minimum atomic E-state index is -1.92. The SMILES string of the molecule is C=CC#N.[Cl][Ge]([Cl])[Cl]. The molecule has 0 N–H and O–H groups in total. The van der Waals surface area contributed by atoms with Crippen molar-refractivity contribution in [1.29, 1.82) is 5.26 Å². The van der Waals surface area contributed by atoms with Crippen molar-refractivity contribution in [1.82, 2.24) is 0 Å². The van der Waals surface area contributed by atoms with Crippen LogP contribution in [-0.4, -0.2) is 11.6 Å². The third-order valence-corrected chi connectivity index (χ3v) is 0.0913. The molecule has 0 saturated carbocycles. The molecular weight excluding hydrogens is 229 g/mol. The fraction of sp³-hybridized carbons (Fsp3) is 0. The van der Waals surface area contributed by atoms with Gasteiger partial charge >= 0.3 is 41.6 Å². The van der Waals surface area contributed by atoms with Crippen molar-refractivity contribution >= 4 is 41.6 Å². The Bertz CT molecular complexity index is 84.3. The van der Waals surface area contributed by atoms with Crippen LogP contribution in [0.1, 0.15) is 0 Å². The second-order valence-electron chi connectivity index (χ2n) is 0.548. The van der Waals surface area contributed by atoms with E-state index < -0.39 is 11.6 Å². The predicted molar refractivity (Wildman–Crippen MR) is 39.1 cm³/mol. The molecule has 0 aliphatic carbocycles. The van der Waals surface area contributed by atoms with Gasteiger partial charge in [-0.25, -0.2) is 0 Å². The molecule has 0 aromatic rings. The van der Waals surface area contributed by atoms with Crippen LogP contribution < -0.4 is 0 Å². The van der Waals surface area contributed by atoms with Gasteiger partial charge in [-0.2, -0.15) is 5.26 Å². The molecule has 8 heavy (non-hydrogen) atoms. The number of hydrogen-bond acceptors (Lipinski definition) is 1. The van der Waals surface area contributed by atoms with Crippen molar-refractivity contribution in [2.75, 3.05) is 0 Å². The van der Waals surface area contributed by atoms with Gasteiger partial charge in [0.15, 0.2) is 0 Å². The summed E-state index contributed by atoms with van der Waals surface area (Å²) in [4.78, 5) is 0. The Labute approximate surface area is 65.5 Å². The first kappa shape index (κ1) is 11.4. The maximum atomic E-state index is 7.51. The third kappa shape index (κ3) is 78.4. The van der Waals surface area contributed by atoms with Crippen LogP contribution in [0.25, 0.3) is 0 Å². The summed E-state index contributed by atoms with van der Waals surface area (Å²) in [6, 6.07) is 1.69. The normalized spacial score (nSPS) is 6.38. The molecule has 0 unspecified atom stereocenters. The van der Waals surface area contributed by atoms with E-state index in [-0.39, 0.29) is 0 Å². The Morgan fingerprint density at radius 1 is 1.50 bits per heavy atom. The average molecular weight is 232 g/mol. The molecule has 0 aliphatic heterocycles. The summed E-state index contributed by atoms with van der Waals surface area (Å²) >= 11 is -1.92. The first-order valence-corrected chi connectivity index (χ1v) is 9.76. The van der Waals surface area contributed by atoms with Gasteiger partial charge in [0.25, 0.3) is 0 Å². The molecule has 0 atom stereocenters. The Balaban J connectivity index is 0. The van der Waals surface area contributed by atoms with Crippen molar-refractivity contribution in [3.8, 4) is 6.07 Å². The van der Waals surface area contributed by atoms with Gasteiger partial charge in [0, 0.05) is 6.08 Å². The summed E-state index contributed by atoms with van der Waals surface area (Å²) in [6.07, 6.45) is 1.18. The molecule has 0 spiro atoms. The molecule has 0 heterocycles. The van der Waals surface area contributed by atoms with Crippen LogP contribution in [0.3, 0.4) is 0 Å². The molecule has 0 fully saturated rings. The number of allylic oxidation sites excluding steroid dienone is 1. The quantitative estimate of drug-likeness (QED) is 0.464. The van der Waals surface area contributed by atoms with Crippen LogP contribution in [0.2, 0.25) is 0 Å². The summed E-state index contributed by atoms with van der Waals surface area (Å²) in [7, 11) is 14.9. The van der Waals surface area contributed by atoms with Gasteiger partial charge in [0.2, 0.25) is 0 Å². The summed E-state index contributed by atoms with van der Waals surface area (Å²) in [5, 5.41) is 7.51. The topological polar surface area (TPSA) is 23.8 Å². The van der Waals surface area contributed by atoms with Crippen LogP contribution in [0.5, 0.6) is 0 Å². The number of halogens is 3. The fourth-order valence-electron chi connectivity index (χ4n) is 0. The number of nitrogens with zero attached hydrogens (tertiary/aromatic N) is 1. The standard InChI is InChI=1S/C3H3N.Cl3Ge/c1-2-3-4;1-4(2)3/h2H,1H2;. The Kier molecular flexibility index (Phi) is 15.1. The maximum absolute atomic E-state index is 7.51. The molecule has 0 aromatic carbocycles. The summed E-state index contributed by atoms with van der Waals surface area (Å²) in [5.41, 5.74) is 0. The molecule has 45 valence electrons. The van der Waals surface area contributed by atoms with Crippen LogP contribution in [0.4, 0.5) is 0 Å². The first-order valence-electron chi connectivity index (χ1n) is 1.49. The van der Waals surface area contributed by atoms with E-state index in [0.717, 1.165) is 0 Å². The van der Waals surface area contributed by atoms with Gasteiger partial charge in [-0.05, 0) is 0 Å². The zero-order valence-corrected chi connectivity index (χ0v) is 8.23. The molecule has 1 radical (unpaired) electrons. The fourth-order valence-corrected chi connectivity index (χ4v) is 0. The summed E-state index contributed by atoms with van der Waals surface area (Å²) in [5.74, 6) is 0. The van der Waals surface area contributed by atoms with Gasteiger partial charge in [0.05, 0.1) is 6.07 Å². The van der Waals surface area contributed by atoms with Gasteiger partial charge < -0.3 is 0 Å². The Morgan fingerprint density at radius 3 is 1.62 bits per heavy atom. The van der Waals surface area contributed by atoms with Gasteiger partial charge in [-0.3, -0.25) is 0 Å². The second kappa shape index (κ2) is 10.6. The predicted octanol–water partition coefficient (Wildman–Crippen LogP) is 2.38. The van der Waals surface area contributed by atoms with Crippen LogP contribution in [0, 0.1) is 11.3 Å². The van der Waals surface area contributed by atoms with E-state index in [9.17, 15) is 0 Å². The Hall–Kier alpha value is 0.643. The van der Waals surface area contributed by atoms with Crippen LogP contribution in [-0.2, 0) is 0 Å². The van der Waals surface area contributed by atoms with Crippen molar-refractivity contribution in [2.24, 2.45) is 0 Å². The third-order valence-electron chi connectivity index (χ3n) is 0.0913. The van der Waals surface area contributed by atoms with Gasteiger partial charge in [0.1, 0.15) is 0 Å². The second-order valence-corrected chi connectivity index (χ2v) is 10.4. The van der Waals surface area contributed by atoms with Gasteiger partial charge in [-0.1, -0.05) is 6.58 Å². The van der Waals surface area contributed by atoms with E-state index in [1.807, 2.05) is 0 Å². The zero-order valence-electron chi connectivity index (χ0n) is 3.87. The van der Waals surface area contributed by atoms with Gasteiger partial charge in [-0.15, -0.1) is 0 Å². The monoisotopic (exact) mass is 232 g/mol. The van der Waals surface area contributed by atoms with Crippen molar-refractivity contribution in [2.45, 2.75) is 0 Å². The first-order chi connectivity index (χ1) is 3.65.